The molecule has 0 atom stereocenters. The zero-order chi connectivity index (χ0) is 14.0. The number of halogens is 1. The first-order chi connectivity index (χ1) is 8.97. The van der Waals surface area contributed by atoms with Crippen LogP contribution in [-0.2, 0) is 6.54 Å². The quantitative estimate of drug-likeness (QED) is 0.793. The van der Waals surface area contributed by atoms with Gasteiger partial charge in [0.05, 0.1) is 6.54 Å². The van der Waals surface area contributed by atoms with E-state index in [4.69, 9.17) is 0 Å². The van der Waals surface area contributed by atoms with Crippen LogP contribution in [0.25, 0.3) is 0 Å². The largest absolute Gasteiger partial charge is 0.293 e. The molecule has 0 bridgehead atoms. The lowest BCUT2D eigenvalue weighted by Crippen LogP contribution is -2.09. The first kappa shape index (κ1) is 13.1. The molecule has 1 heterocycles. The number of nitrogens with zero attached hydrogens (tertiary/aromatic N) is 2. The number of hydrogen-bond acceptors (Lipinski definition) is 3. The average molecular weight is 260 g/mol. The molecule has 4 nitrogen and oxygen atoms in total. The van der Waals surface area contributed by atoms with Crippen molar-refractivity contribution in [1.29, 1.82) is 0 Å². The van der Waals surface area contributed by atoms with Crippen molar-refractivity contribution in [1.82, 2.24) is 9.78 Å². The highest BCUT2D eigenvalue weighted by atomic mass is 19.1. The van der Waals surface area contributed by atoms with Gasteiger partial charge in [0, 0.05) is 13.8 Å². The molecule has 0 radical (unpaired) electrons. The highest BCUT2D eigenvalue weighted by Gasteiger charge is 2.14. The maximum absolute atomic E-state index is 12.8. The summed E-state index contributed by atoms with van der Waals surface area (Å²) in [7, 11) is 0. The van der Waals surface area contributed by atoms with Crippen molar-refractivity contribution < 1.29 is 14.0 Å². The number of ketones is 2. The molecule has 98 valence electrons. The molecule has 0 saturated carbocycles. The summed E-state index contributed by atoms with van der Waals surface area (Å²) in [4.78, 5) is 22.8. The van der Waals surface area contributed by atoms with Crippen LogP contribution in [0.3, 0.4) is 0 Å². The predicted octanol–water partition coefficient (Wildman–Crippen LogP) is 2.48. The summed E-state index contributed by atoms with van der Waals surface area (Å²) in [5.74, 6) is -0.678. The van der Waals surface area contributed by atoms with E-state index in [9.17, 15) is 14.0 Å². The maximum atomic E-state index is 12.8. The minimum Gasteiger partial charge on any atom is -0.293 e. The van der Waals surface area contributed by atoms with Crippen molar-refractivity contribution in [3.05, 3.63) is 53.1 Å². The van der Waals surface area contributed by atoms with Crippen LogP contribution in [0.15, 0.2) is 30.3 Å². The zero-order valence-corrected chi connectivity index (χ0v) is 10.7. The van der Waals surface area contributed by atoms with E-state index in [1.807, 2.05) is 0 Å². The smallest absolute Gasteiger partial charge is 0.180 e. The normalized spacial score (nSPS) is 10.5. The number of carbonyl (C=O) groups is 2. The molecule has 2 aromatic rings. The highest BCUT2D eigenvalue weighted by Crippen LogP contribution is 2.11. The summed E-state index contributed by atoms with van der Waals surface area (Å²) >= 11 is 0. The van der Waals surface area contributed by atoms with Crippen molar-refractivity contribution >= 4 is 11.6 Å². The molecule has 0 amide bonds. The maximum Gasteiger partial charge on any atom is 0.180 e. The number of hydrogen-bond donors (Lipinski definition) is 0. The highest BCUT2D eigenvalue weighted by molar-refractivity contribution is 5.97. The molecule has 0 N–H and O–H groups in total. The summed E-state index contributed by atoms with van der Waals surface area (Å²) in [6.07, 6.45) is 0. The topological polar surface area (TPSA) is 52.0 Å². The first-order valence-electron chi connectivity index (χ1n) is 5.81. The van der Waals surface area contributed by atoms with Crippen LogP contribution >= 0.6 is 0 Å². The Bertz CT molecular complexity index is 629. The van der Waals surface area contributed by atoms with Gasteiger partial charge in [-0.2, -0.15) is 5.10 Å². The summed E-state index contributed by atoms with van der Waals surface area (Å²) in [6, 6.07) is 7.41. The standard InChI is InChI=1S/C14H13FN2O2/c1-9(18)13-7-14(10(2)19)17(16-13)8-11-3-5-12(15)6-4-11/h3-7H,8H2,1-2H3. The molecule has 0 fully saturated rings. The fraction of sp³-hybridized carbons (Fsp3) is 0.214. The Morgan fingerprint density at radius 2 is 1.79 bits per heavy atom. The van der Waals surface area contributed by atoms with Crippen LogP contribution < -0.4 is 0 Å². The predicted molar refractivity (Wildman–Crippen MR) is 67.7 cm³/mol. The monoisotopic (exact) mass is 260 g/mol. The minimum atomic E-state index is -0.319. The Morgan fingerprint density at radius 1 is 1.16 bits per heavy atom. The van der Waals surface area contributed by atoms with Crippen molar-refractivity contribution in [3.63, 3.8) is 0 Å². The number of carbonyl (C=O) groups excluding carboxylic acids is 2. The molecule has 0 saturated heterocycles. The summed E-state index contributed by atoms with van der Waals surface area (Å²) < 4.78 is 14.3. The van der Waals surface area contributed by atoms with E-state index in [0.29, 0.717) is 12.2 Å². The van der Waals surface area contributed by atoms with Crippen molar-refractivity contribution in [2.45, 2.75) is 20.4 Å². The van der Waals surface area contributed by atoms with Crippen LogP contribution in [-0.4, -0.2) is 21.3 Å². The van der Waals surface area contributed by atoms with Gasteiger partial charge in [0.25, 0.3) is 0 Å². The second-order valence-electron chi connectivity index (χ2n) is 4.31. The lowest BCUT2D eigenvalue weighted by atomic mass is 10.2. The minimum absolute atomic E-state index is 0.165. The van der Waals surface area contributed by atoms with E-state index in [2.05, 4.69) is 5.10 Å². The second kappa shape index (κ2) is 5.14. The SMILES string of the molecule is CC(=O)c1cc(C(C)=O)n(Cc2ccc(F)cc2)n1. The Kier molecular flexibility index (Phi) is 3.55. The molecule has 5 heteroatoms. The van der Waals surface area contributed by atoms with Gasteiger partial charge in [0.1, 0.15) is 17.2 Å². The fourth-order valence-corrected chi connectivity index (χ4v) is 1.76. The molecular weight excluding hydrogens is 247 g/mol. The van der Waals surface area contributed by atoms with E-state index in [1.54, 1.807) is 12.1 Å². The zero-order valence-electron chi connectivity index (χ0n) is 10.7. The number of aromatic nitrogens is 2. The van der Waals surface area contributed by atoms with E-state index in [-0.39, 0.29) is 23.1 Å². The van der Waals surface area contributed by atoms with Gasteiger partial charge in [0.15, 0.2) is 11.6 Å². The van der Waals surface area contributed by atoms with E-state index in [1.165, 1.54) is 36.7 Å². The van der Waals surface area contributed by atoms with Crippen LogP contribution in [0.1, 0.15) is 40.4 Å². The van der Waals surface area contributed by atoms with Crippen LogP contribution in [0.5, 0.6) is 0 Å². The molecule has 0 aliphatic heterocycles. The second-order valence-corrected chi connectivity index (χ2v) is 4.31. The first-order valence-corrected chi connectivity index (χ1v) is 5.81. The Labute approximate surface area is 109 Å². The summed E-state index contributed by atoms with van der Waals surface area (Å²) in [5, 5.41) is 4.10. The molecule has 0 aliphatic rings. The lowest BCUT2D eigenvalue weighted by Gasteiger charge is -2.05. The Balaban J connectivity index is 2.35. The van der Waals surface area contributed by atoms with Gasteiger partial charge in [-0.25, -0.2) is 4.39 Å². The summed E-state index contributed by atoms with van der Waals surface area (Å²) in [5.41, 5.74) is 1.43. The third-order valence-electron chi connectivity index (χ3n) is 2.75. The van der Waals surface area contributed by atoms with E-state index >= 15 is 0 Å². The Hall–Kier alpha value is -2.30. The van der Waals surface area contributed by atoms with Crippen molar-refractivity contribution in [3.8, 4) is 0 Å². The fourth-order valence-electron chi connectivity index (χ4n) is 1.76. The molecule has 1 aromatic carbocycles. The third kappa shape index (κ3) is 2.93. The number of rotatable bonds is 4. The van der Waals surface area contributed by atoms with Crippen LogP contribution in [0.2, 0.25) is 0 Å². The van der Waals surface area contributed by atoms with Gasteiger partial charge >= 0.3 is 0 Å². The number of benzene rings is 1. The van der Waals surface area contributed by atoms with Gasteiger partial charge in [-0.3, -0.25) is 14.3 Å². The lowest BCUT2D eigenvalue weighted by molar-refractivity contribution is 0.0997. The van der Waals surface area contributed by atoms with E-state index < -0.39 is 0 Å². The van der Waals surface area contributed by atoms with Crippen molar-refractivity contribution in [2.24, 2.45) is 0 Å². The van der Waals surface area contributed by atoms with Gasteiger partial charge in [0.2, 0.25) is 0 Å². The molecule has 0 aliphatic carbocycles. The van der Waals surface area contributed by atoms with Crippen LogP contribution in [0.4, 0.5) is 4.39 Å². The van der Waals surface area contributed by atoms with Gasteiger partial charge < -0.3 is 0 Å². The molecule has 0 spiro atoms. The molecule has 19 heavy (non-hydrogen) atoms. The molecule has 1 aromatic heterocycles. The molecule has 2 rings (SSSR count). The Morgan fingerprint density at radius 3 is 2.32 bits per heavy atom. The van der Waals surface area contributed by atoms with Gasteiger partial charge in [-0.1, -0.05) is 12.1 Å². The average Bonchev–Trinajstić information content (AvgIpc) is 2.76. The number of Topliss-reactive ketones (excluding diaryl/α,β-unsaturated/α-hetero) is 2. The van der Waals surface area contributed by atoms with Gasteiger partial charge in [-0.05, 0) is 23.8 Å². The molecular formula is C14H13FN2O2. The van der Waals surface area contributed by atoms with Crippen molar-refractivity contribution in [2.75, 3.05) is 0 Å². The van der Waals surface area contributed by atoms with E-state index in [0.717, 1.165) is 5.56 Å². The van der Waals surface area contributed by atoms with Gasteiger partial charge in [-0.15, -0.1) is 0 Å². The summed E-state index contributed by atoms with van der Waals surface area (Å²) in [6.45, 7) is 3.14. The van der Waals surface area contributed by atoms with Crippen LogP contribution in [0, 0.1) is 5.82 Å². The third-order valence-corrected chi connectivity index (χ3v) is 2.75. The molecule has 0 unspecified atom stereocenters.